The van der Waals surface area contributed by atoms with E-state index in [2.05, 4.69) is 10.9 Å². The molecule has 1 aromatic heterocycles. The van der Waals surface area contributed by atoms with Crippen molar-refractivity contribution in [2.24, 2.45) is 0 Å². The van der Waals surface area contributed by atoms with Gasteiger partial charge in [-0.3, -0.25) is 4.79 Å². The third-order valence-corrected chi connectivity index (χ3v) is 3.16. The van der Waals surface area contributed by atoms with Crippen LogP contribution in [0.4, 0.5) is 10.2 Å². The molecular weight excluding hydrogens is 299 g/mol. The Bertz CT molecular complexity index is 988. The molecule has 0 bridgehead atoms. The number of aromatic nitrogens is 1. The fourth-order valence-electron chi connectivity index (χ4n) is 2.18. The van der Waals surface area contributed by atoms with Crippen LogP contribution in [0.3, 0.4) is 0 Å². The highest BCUT2D eigenvalue weighted by Gasteiger charge is 2.20. The fourth-order valence-corrected chi connectivity index (χ4v) is 2.18. The van der Waals surface area contributed by atoms with Crippen LogP contribution in [0.5, 0.6) is 5.75 Å². The lowest BCUT2D eigenvalue weighted by atomic mass is 9.95. The monoisotopic (exact) mass is 308 g/mol. The Labute approximate surface area is 130 Å². The molecule has 0 unspecified atom stereocenters. The predicted molar refractivity (Wildman–Crippen MR) is 80.8 cm³/mol. The summed E-state index contributed by atoms with van der Waals surface area (Å²) >= 11 is 0. The SMILES string of the molecule is C#Cc1cc(-c2c(C#N)c(N)[nH]c(=O)c2C#N)cc(F)c1OC. The van der Waals surface area contributed by atoms with Gasteiger partial charge in [-0.25, -0.2) is 4.39 Å². The molecule has 0 atom stereocenters. The standard InChI is InChI=1S/C16H9FN4O2/c1-3-8-4-9(5-12(17)14(8)23-2)13-10(6-18)15(20)21-16(22)11(13)7-19/h1,4-5H,2H3,(H3,20,21,22). The molecule has 3 N–H and O–H groups in total. The molecule has 23 heavy (non-hydrogen) atoms. The van der Waals surface area contributed by atoms with E-state index in [9.17, 15) is 19.7 Å². The van der Waals surface area contributed by atoms with Crippen LogP contribution in [0, 0.1) is 40.8 Å². The van der Waals surface area contributed by atoms with E-state index in [4.69, 9.17) is 16.9 Å². The zero-order chi connectivity index (χ0) is 17.1. The third-order valence-electron chi connectivity index (χ3n) is 3.16. The zero-order valence-electron chi connectivity index (χ0n) is 11.9. The van der Waals surface area contributed by atoms with Crippen molar-refractivity contribution in [3.05, 3.63) is 45.0 Å². The van der Waals surface area contributed by atoms with E-state index in [1.807, 2.05) is 0 Å². The first-order valence-electron chi connectivity index (χ1n) is 6.18. The number of aromatic amines is 1. The average molecular weight is 308 g/mol. The second-order valence-corrected chi connectivity index (χ2v) is 4.40. The molecule has 0 saturated carbocycles. The topological polar surface area (TPSA) is 116 Å². The summed E-state index contributed by atoms with van der Waals surface area (Å²) < 4.78 is 19.0. The van der Waals surface area contributed by atoms with E-state index in [0.29, 0.717) is 0 Å². The summed E-state index contributed by atoms with van der Waals surface area (Å²) in [5.41, 5.74) is 4.42. The van der Waals surface area contributed by atoms with E-state index in [1.165, 1.54) is 13.2 Å². The van der Waals surface area contributed by atoms with Gasteiger partial charge >= 0.3 is 0 Å². The summed E-state index contributed by atoms with van der Waals surface area (Å²) in [6.07, 6.45) is 5.32. The van der Waals surface area contributed by atoms with Crippen molar-refractivity contribution in [2.75, 3.05) is 12.8 Å². The van der Waals surface area contributed by atoms with Crippen molar-refractivity contribution < 1.29 is 9.13 Å². The molecule has 1 heterocycles. The second-order valence-electron chi connectivity index (χ2n) is 4.40. The van der Waals surface area contributed by atoms with Gasteiger partial charge < -0.3 is 15.5 Å². The maximum atomic E-state index is 14.2. The summed E-state index contributed by atoms with van der Waals surface area (Å²) in [5.74, 6) is 1.10. The number of rotatable bonds is 2. The first-order valence-corrected chi connectivity index (χ1v) is 6.18. The van der Waals surface area contributed by atoms with E-state index in [0.717, 1.165) is 6.07 Å². The highest BCUT2D eigenvalue weighted by atomic mass is 19.1. The van der Waals surface area contributed by atoms with Gasteiger partial charge in [-0.1, -0.05) is 5.92 Å². The van der Waals surface area contributed by atoms with Crippen molar-refractivity contribution in [3.63, 3.8) is 0 Å². The van der Waals surface area contributed by atoms with E-state index >= 15 is 0 Å². The van der Waals surface area contributed by atoms with Crippen LogP contribution >= 0.6 is 0 Å². The number of halogens is 1. The number of methoxy groups -OCH3 is 1. The average Bonchev–Trinajstić information content (AvgIpc) is 2.53. The molecular formula is C16H9FN4O2. The summed E-state index contributed by atoms with van der Waals surface area (Å²) in [6, 6.07) is 5.86. The first kappa shape index (κ1) is 15.6. The third kappa shape index (κ3) is 2.46. The van der Waals surface area contributed by atoms with Gasteiger partial charge in [0.05, 0.1) is 12.7 Å². The number of benzene rings is 1. The molecule has 0 amide bonds. The van der Waals surface area contributed by atoms with Crippen LogP contribution in [0.1, 0.15) is 16.7 Å². The minimum atomic E-state index is -0.787. The summed E-state index contributed by atoms with van der Waals surface area (Å²) in [4.78, 5) is 14.1. The maximum Gasteiger partial charge on any atom is 0.268 e. The minimum Gasteiger partial charge on any atom is -0.492 e. The highest BCUT2D eigenvalue weighted by molar-refractivity contribution is 5.81. The molecule has 2 rings (SSSR count). The van der Waals surface area contributed by atoms with Gasteiger partial charge in [0.1, 0.15) is 29.1 Å². The molecule has 0 aliphatic rings. The Morgan fingerprint density at radius 3 is 2.48 bits per heavy atom. The summed E-state index contributed by atoms with van der Waals surface area (Å²) in [6.45, 7) is 0. The number of anilines is 1. The number of hydrogen-bond donors (Lipinski definition) is 2. The molecule has 2 aromatic rings. The quantitative estimate of drug-likeness (QED) is 0.815. The zero-order valence-corrected chi connectivity index (χ0v) is 11.9. The normalized spacial score (nSPS) is 9.52. The van der Waals surface area contributed by atoms with Crippen LogP contribution in [0.2, 0.25) is 0 Å². The van der Waals surface area contributed by atoms with Crippen LogP contribution in [-0.2, 0) is 0 Å². The maximum absolute atomic E-state index is 14.2. The molecule has 0 radical (unpaired) electrons. The Hall–Kier alpha value is -3.76. The molecule has 112 valence electrons. The van der Waals surface area contributed by atoms with Crippen LogP contribution in [0.25, 0.3) is 11.1 Å². The van der Waals surface area contributed by atoms with E-state index in [-0.39, 0.29) is 39.4 Å². The molecule has 0 saturated heterocycles. The summed E-state index contributed by atoms with van der Waals surface area (Å²) in [7, 11) is 1.26. The molecule has 1 aromatic carbocycles. The van der Waals surface area contributed by atoms with Crippen molar-refractivity contribution in [3.8, 4) is 41.4 Å². The minimum absolute atomic E-state index is 0.0747. The fraction of sp³-hybridized carbons (Fsp3) is 0.0625. The number of hydrogen-bond acceptors (Lipinski definition) is 5. The molecule has 0 aliphatic heterocycles. The molecule has 0 fully saturated rings. The lowest BCUT2D eigenvalue weighted by Gasteiger charge is -2.12. The van der Waals surface area contributed by atoms with E-state index in [1.54, 1.807) is 12.1 Å². The van der Waals surface area contributed by atoms with Crippen LogP contribution < -0.4 is 16.0 Å². The van der Waals surface area contributed by atoms with Crippen molar-refractivity contribution >= 4 is 5.82 Å². The Morgan fingerprint density at radius 1 is 1.30 bits per heavy atom. The highest BCUT2D eigenvalue weighted by Crippen LogP contribution is 2.33. The molecule has 0 aliphatic carbocycles. The lowest BCUT2D eigenvalue weighted by Crippen LogP contribution is -2.16. The number of ether oxygens (including phenoxy) is 1. The molecule has 0 spiro atoms. The van der Waals surface area contributed by atoms with Crippen LogP contribution in [0.15, 0.2) is 16.9 Å². The van der Waals surface area contributed by atoms with Crippen molar-refractivity contribution in [1.29, 1.82) is 10.5 Å². The van der Waals surface area contributed by atoms with Crippen molar-refractivity contribution in [1.82, 2.24) is 4.98 Å². The number of nitrogen functional groups attached to an aromatic ring is 1. The van der Waals surface area contributed by atoms with E-state index < -0.39 is 11.4 Å². The Kier molecular flexibility index (Phi) is 4.03. The summed E-state index contributed by atoms with van der Waals surface area (Å²) in [5, 5.41) is 18.4. The van der Waals surface area contributed by atoms with Crippen LogP contribution in [-0.4, -0.2) is 12.1 Å². The van der Waals surface area contributed by atoms with Gasteiger partial charge in [-0.15, -0.1) is 6.42 Å². The lowest BCUT2D eigenvalue weighted by molar-refractivity contribution is 0.385. The largest absolute Gasteiger partial charge is 0.492 e. The van der Waals surface area contributed by atoms with Gasteiger partial charge in [0.2, 0.25) is 0 Å². The van der Waals surface area contributed by atoms with Gasteiger partial charge in [0.15, 0.2) is 11.6 Å². The number of H-pyrrole nitrogens is 1. The first-order chi connectivity index (χ1) is 11.0. The number of nitriles is 2. The van der Waals surface area contributed by atoms with Gasteiger partial charge in [-0.05, 0) is 17.7 Å². The predicted octanol–water partition coefficient (Wildman–Crippen LogP) is 1.50. The Balaban J connectivity index is 2.97. The number of nitrogens with two attached hydrogens (primary N) is 1. The number of pyridine rings is 1. The molecule has 7 heteroatoms. The Morgan fingerprint density at radius 2 is 1.96 bits per heavy atom. The van der Waals surface area contributed by atoms with Gasteiger partial charge in [0.25, 0.3) is 5.56 Å². The number of nitrogens with zero attached hydrogens (tertiary/aromatic N) is 2. The second kappa shape index (κ2) is 5.93. The molecule has 6 nitrogen and oxygen atoms in total. The number of nitrogens with one attached hydrogen (secondary N) is 1. The number of terminal acetylenes is 1. The van der Waals surface area contributed by atoms with Gasteiger partial charge in [-0.2, -0.15) is 10.5 Å². The van der Waals surface area contributed by atoms with Gasteiger partial charge in [0, 0.05) is 5.56 Å². The van der Waals surface area contributed by atoms with Crippen molar-refractivity contribution in [2.45, 2.75) is 0 Å². The smallest absolute Gasteiger partial charge is 0.268 e.